The van der Waals surface area contributed by atoms with Gasteiger partial charge in [0.25, 0.3) is 5.56 Å². The zero-order valence-corrected chi connectivity index (χ0v) is 13.2. The Hall–Kier alpha value is -3.07. The van der Waals surface area contributed by atoms with Crippen LogP contribution >= 0.6 is 0 Å². The van der Waals surface area contributed by atoms with Crippen LogP contribution in [-0.2, 0) is 0 Å². The monoisotopic (exact) mass is 311 g/mol. The van der Waals surface area contributed by atoms with E-state index in [-0.39, 0.29) is 5.56 Å². The Morgan fingerprint density at radius 3 is 2.78 bits per heavy atom. The van der Waals surface area contributed by atoms with Gasteiger partial charge in [0.15, 0.2) is 11.5 Å². The maximum absolute atomic E-state index is 11.5. The van der Waals surface area contributed by atoms with Gasteiger partial charge < -0.3 is 9.47 Å². The van der Waals surface area contributed by atoms with E-state index in [9.17, 15) is 4.79 Å². The third kappa shape index (κ3) is 3.58. The lowest BCUT2D eigenvalue weighted by molar-refractivity contribution is 0.311. The summed E-state index contributed by atoms with van der Waals surface area (Å²) < 4.78 is 10.8. The first-order valence-corrected chi connectivity index (χ1v) is 7.09. The molecule has 6 nitrogen and oxygen atoms in total. The topological polar surface area (TPSA) is 88.0 Å². The van der Waals surface area contributed by atoms with E-state index in [1.807, 2.05) is 37.3 Å². The molecule has 2 aromatic rings. The van der Waals surface area contributed by atoms with Crippen LogP contribution in [0.3, 0.4) is 0 Å². The van der Waals surface area contributed by atoms with Crippen LogP contribution < -0.4 is 15.0 Å². The SMILES string of the molecule is CCOc1ccc(/C=C/c2n[nH]c(=O)c(C#N)c2C)cc1OC. The molecule has 1 N–H and O–H groups in total. The number of aromatic amines is 1. The maximum Gasteiger partial charge on any atom is 0.282 e. The number of methoxy groups -OCH3 is 1. The summed E-state index contributed by atoms with van der Waals surface area (Å²) in [5.74, 6) is 1.31. The fourth-order valence-electron chi connectivity index (χ4n) is 2.08. The fourth-order valence-corrected chi connectivity index (χ4v) is 2.08. The molecule has 118 valence electrons. The quantitative estimate of drug-likeness (QED) is 0.916. The number of ether oxygens (including phenoxy) is 2. The molecule has 0 aliphatic heterocycles. The predicted molar refractivity (Wildman–Crippen MR) is 87.4 cm³/mol. The molecule has 0 aliphatic carbocycles. The van der Waals surface area contributed by atoms with E-state index in [0.717, 1.165) is 5.56 Å². The van der Waals surface area contributed by atoms with Gasteiger partial charge in [-0.1, -0.05) is 12.1 Å². The van der Waals surface area contributed by atoms with Crippen molar-refractivity contribution < 1.29 is 9.47 Å². The Balaban J connectivity index is 2.34. The van der Waals surface area contributed by atoms with Crippen molar-refractivity contribution in [2.75, 3.05) is 13.7 Å². The van der Waals surface area contributed by atoms with Gasteiger partial charge in [-0.25, -0.2) is 5.10 Å². The summed E-state index contributed by atoms with van der Waals surface area (Å²) in [7, 11) is 1.58. The lowest BCUT2D eigenvalue weighted by atomic mass is 10.1. The summed E-state index contributed by atoms with van der Waals surface area (Å²) in [4.78, 5) is 11.5. The first kappa shape index (κ1) is 16.3. The Morgan fingerprint density at radius 1 is 1.35 bits per heavy atom. The Morgan fingerprint density at radius 2 is 2.13 bits per heavy atom. The van der Waals surface area contributed by atoms with Crippen LogP contribution in [-0.4, -0.2) is 23.9 Å². The fraction of sp³-hybridized carbons (Fsp3) is 0.235. The van der Waals surface area contributed by atoms with E-state index < -0.39 is 5.56 Å². The molecule has 1 heterocycles. The second-order valence-electron chi connectivity index (χ2n) is 4.73. The molecule has 6 heteroatoms. The highest BCUT2D eigenvalue weighted by Gasteiger charge is 2.08. The van der Waals surface area contributed by atoms with Crippen LogP contribution in [0, 0.1) is 18.3 Å². The maximum atomic E-state index is 11.5. The van der Waals surface area contributed by atoms with Crippen LogP contribution in [0.15, 0.2) is 23.0 Å². The minimum Gasteiger partial charge on any atom is -0.493 e. The Labute approximate surface area is 134 Å². The van der Waals surface area contributed by atoms with Gasteiger partial charge in [0, 0.05) is 0 Å². The molecule has 1 aromatic heterocycles. The molecule has 0 unspecified atom stereocenters. The zero-order valence-electron chi connectivity index (χ0n) is 13.2. The number of rotatable bonds is 5. The molecular weight excluding hydrogens is 294 g/mol. The number of nitrogens with zero attached hydrogens (tertiary/aromatic N) is 2. The molecule has 0 atom stereocenters. The largest absolute Gasteiger partial charge is 0.493 e. The highest BCUT2D eigenvalue weighted by Crippen LogP contribution is 2.28. The molecule has 0 amide bonds. The molecular formula is C17H17N3O3. The summed E-state index contributed by atoms with van der Waals surface area (Å²) in [5, 5.41) is 15.3. The van der Waals surface area contributed by atoms with E-state index in [0.29, 0.717) is 29.4 Å². The second-order valence-corrected chi connectivity index (χ2v) is 4.73. The van der Waals surface area contributed by atoms with Crippen LogP contribution in [0.2, 0.25) is 0 Å². The predicted octanol–water partition coefficient (Wildman–Crippen LogP) is 2.53. The van der Waals surface area contributed by atoms with Crippen molar-refractivity contribution >= 4 is 12.2 Å². The van der Waals surface area contributed by atoms with Crippen LogP contribution in [0.1, 0.15) is 29.3 Å². The molecule has 0 saturated carbocycles. The van der Waals surface area contributed by atoms with Gasteiger partial charge in [0.1, 0.15) is 11.6 Å². The molecule has 23 heavy (non-hydrogen) atoms. The number of benzene rings is 1. The Bertz CT molecular complexity index is 832. The third-order valence-corrected chi connectivity index (χ3v) is 3.30. The number of hydrogen-bond acceptors (Lipinski definition) is 5. The number of aromatic nitrogens is 2. The van der Waals surface area contributed by atoms with E-state index in [1.54, 1.807) is 20.1 Å². The van der Waals surface area contributed by atoms with Gasteiger partial charge in [0.05, 0.1) is 19.4 Å². The van der Waals surface area contributed by atoms with Crippen LogP contribution in [0.25, 0.3) is 12.2 Å². The van der Waals surface area contributed by atoms with E-state index in [1.165, 1.54) is 0 Å². The standard InChI is InChI=1S/C17H17N3O3/c1-4-23-15-8-6-12(9-16(15)22-3)5-7-14-11(2)13(10-18)17(21)20-19-14/h5-9H,4H2,1-3H3,(H,20,21)/b7-5+. The molecule has 1 aromatic carbocycles. The number of hydrogen-bond donors (Lipinski definition) is 1. The van der Waals surface area contributed by atoms with Gasteiger partial charge in [-0.05, 0) is 43.2 Å². The average Bonchev–Trinajstić information content (AvgIpc) is 2.56. The van der Waals surface area contributed by atoms with Crippen LogP contribution in [0.5, 0.6) is 11.5 Å². The second kappa shape index (κ2) is 7.27. The van der Waals surface area contributed by atoms with Gasteiger partial charge in [-0.3, -0.25) is 4.79 Å². The number of nitrogens with one attached hydrogen (secondary N) is 1. The van der Waals surface area contributed by atoms with Gasteiger partial charge >= 0.3 is 0 Å². The van der Waals surface area contributed by atoms with Crippen molar-refractivity contribution in [1.82, 2.24) is 10.2 Å². The number of nitriles is 1. The van der Waals surface area contributed by atoms with Gasteiger partial charge in [-0.2, -0.15) is 10.4 Å². The zero-order chi connectivity index (χ0) is 16.8. The first-order chi connectivity index (χ1) is 11.1. The lowest BCUT2D eigenvalue weighted by Crippen LogP contribution is -2.15. The highest BCUT2D eigenvalue weighted by atomic mass is 16.5. The molecule has 0 bridgehead atoms. The number of H-pyrrole nitrogens is 1. The minimum absolute atomic E-state index is 0.0731. The summed E-state index contributed by atoms with van der Waals surface area (Å²) in [5.41, 5.74) is 1.56. The molecule has 0 saturated heterocycles. The van der Waals surface area contributed by atoms with E-state index in [4.69, 9.17) is 14.7 Å². The first-order valence-electron chi connectivity index (χ1n) is 7.09. The molecule has 0 spiro atoms. The lowest BCUT2D eigenvalue weighted by Gasteiger charge is -2.09. The van der Waals surface area contributed by atoms with Crippen molar-refractivity contribution in [3.63, 3.8) is 0 Å². The normalized spacial score (nSPS) is 10.5. The summed E-state index contributed by atoms with van der Waals surface area (Å²) >= 11 is 0. The van der Waals surface area contributed by atoms with Gasteiger partial charge in [0.2, 0.25) is 0 Å². The van der Waals surface area contributed by atoms with Crippen LogP contribution in [0.4, 0.5) is 0 Å². The van der Waals surface area contributed by atoms with Crippen molar-refractivity contribution in [3.8, 4) is 17.6 Å². The summed E-state index contributed by atoms with van der Waals surface area (Å²) in [6.45, 7) is 4.16. The smallest absolute Gasteiger partial charge is 0.282 e. The van der Waals surface area contributed by atoms with Crippen molar-refractivity contribution in [3.05, 3.63) is 50.9 Å². The van der Waals surface area contributed by atoms with Crippen molar-refractivity contribution in [2.24, 2.45) is 0 Å². The third-order valence-electron chi connectivity index (χ3n) is 3.30. The minimum atomic E-state index is -0.482. The summed E-state index contributed by atoms with van der Waals surface area (Å²) in [6.07, 6.45) is 3.56. The summed E-state index contributed by atoms with van der Waals surface area (Å²) in [6, 6.07) is 7.44. The molecule has 2 rings (SSSR count). The molecule has 0 aliphatic rings. The van der Waals surface area contributed by atoms with Gasteiger partial charge in [-0.15, -0.1) is 0 Å². The highest BCUT2D eigenvalue weighted by molar-refractivity contribution is 5.71. The molecule has 0 radical (unpaired) electrons. The van der Waals surface area contributed by atoms with E-state index in [2.05, 4.69) is 10.2 Å². The van der Waals surface area contributed by atoms with Crippen molar-refractivity contribution in [2.45, 2.75) is 13.8 Å². The van der Waals surface area contributed by atoms with Crippen molar-refractivity contribution in [1.29, 1.82) is 5.26 Å². The molecule has 0 fully saturated rings. The Kier molecular flexibility index (Phi) is 5.15. The van der Waals surface area contributed by atoms with E-state index >= 15 is 0 Å². The average molecular weight is 311 g/mol.